The lowest BCUT2D eigenvalue weighted by Crippen LogP contribution is -2.41. The highest BCUT2D eigenvalue weighted by Gasteiger charge is 2.32. The number of nitrogens with one attached hydrogen (secondary N) is 1. The van der Waals surface area contributed by atoms with Crippen LogP contribution in [0.3, 0.4) is 0 Å². The maximum Gasteiger partial charge on any atom is 0.243 e. The van der Waals surface area contributed by atoms with Crippen molar-refractivity contribution in [3.8, 4) is 11.3 Å². The molecule has 1 amide bonds. The first-order valence-corrected chi connectivity index (χ1v) is 12.7. The van der Waals surface area contributed by atoms with E-state index in [2.05, 4.69) is 36.3 Å². The first-order valence-electron chi connectivity index (χ1n) is 10.3. The van der Waals surface area contributed by atoms with Gasteiger partial charge in [0.2, 0.25) is 15.9 Å². The van der Waals surface area contributed by atoms with Crippen molar-refractivity contribution in [1.29, 1.82) is 0 Å². The van der Waals surface area contributed by atoms with Crippen molar-refractivity contribution in [3.05, 3.63) is 64.8 Å². The van der Waals surface area contributed by atoms with Crippen LogP contribution in [-0.2, 0) is 14.8 Å². The van der Waals surface area contributed by atoms with Gasteiger partial charge < -0.3 is 5.32 Å². The van der Waals surface area contributed by atoms with Crippen molar-refractivity contribution in [2.75, 3.05) is 18.4 Å². The molecule has 1 N–H and O–H groups in total. The van der Waals surface area contributed by atoms with Gasteiger partial charge in [-0.2, -0.15) is 4.31 Å². The number of anilines is 1. The molecule has 9 heteroatoms. The molecule has 0 radical (unpaired) electrons. The highest BCUT2D eigenvalue weighted by atomic mass is 32.2. The van der Waals surface area contributed by atoms with Crippen LogP contribution in [0.1, 0.15) is 24.0 Å². The molecule has 0 bridgehead atoms. The van der Waals surface area contributed by atoms with Crippen LogP contribution in [-0.4, -0.2) is 36.7 Å². The molecular formula is C23H24FN3O3S2. The van der Waals surface area contributed by atoms with Crippen molar-refractivity contribution in [1.82, 2.24) is 9.29 Å². The van der Waals surface area contributed by atoms with E-state index in [1.165, 1.54) is 38.9 Å². The highest BCUT2D eigenvalue weighted by Crippen LogP contribution is 2.28. The number of nitrogens with zero attached hydrogens (tertiary/aromatic N) is 2. The van der Waals surface area contributed by atoms with Crippen LogP contribution in [0.15, 0.2) is 52.7 Å². The molecule has 1 saturated heterocycles. The average Bonchev–Trinajstić information content (AvgIpc) is 3.24. The molecule has 0 unspecified atom stereocenters. The topological polar surface area (TPSA) is 79.4 Å². The SMILES string of the molecule is Cc1ccc(-c2csc(NC(=O)C3CCN(S(=O)(=O)c4ccc(F)cc4)CC3)n2)cc1C. The summed E-state index contributed by atoms with van der Waals surface area (Å²) in [4.78, 5) is 17.3. The fraction of sp³-hybridized carbons (Fsp3) is 0.304. The number of benzene rings is 2. The maximum atomic E-state index is 13.1. The van der Waals surface area contributed by atoms with Gasteiger partial charge in [0.15, 0.2) is 5.13 Å². The van der Waals surface area contributed by atoms with Gasteiger partial charge in [-0.1, -0.05) is 12.1 Å². The lowest BCUT2D eigenvalue weighted by atomic mass is 9.97. The number of hydrogen-bond donors (Lipinski definition) is 1. The number of carbonyl (C=O) groups is 1. The first kappa shape index (κ1) is 22.6. The predicted molar refractivity (Wildman–Crippen MR) is 124 cm³/mol. The molecule has 1 aliphatic heterocycles. The fourth-order valence-electron chi connectivity index (χ4n) is 3.69. The van der Waals surface area contributed by atoms with Crippen LogP contribution in [0.25, 0.3) is 11.3 Å². The van der Waals surface area contributed by atoms with Crippen LogP contribution in [0.5, 0.6) is 0 Å². The van der Waals surface area contributed by atoms with Gasteiger partial charge in [-0.05, 0) is 68.1 Å². The number of carbonyl (C=O) groups excluding carboxylic acids is 1. The van der Waals surface area contributed by atoms with Gasteiger partial charge in [0.25, 0.3) is 0 Å². The van der Waals surface area contributed by atoms with Crippen molar-refractivity contribution in [2.24, 2.45) is 5.92 Å². The zero-order chi connectivity index (χ0) is 22.9. The standard InChI is InChI=1S/C23H24FN3O3S2/c1-15-3-4-18(13-16(15)2)21-14-31-23(25-21)26-22(28)17-9-11-27(12-10-17)32(29,30)20-7-5-19(24)6-8-20/h3-8,13-14,17H,9-12H2,1-2H3,(H,25,26,28). The van der Waals surface area contributed by atoms with Crippen LogP contribution >= 0.6 is 11.3 Å². The minimum absolute atomic E-state index is 0.0588. The van der Waals surface area contributed by atoms with Gasteiger partial charge in [0.05, 0.1) is 10.6 Å². The Labute approximate surface area is 191 Å². The van der Waals surface area contributed by atoms with E-state index in [4.69, 9.17) is 0 Å². The largest absolute Gasteiger partial charge is 0.302 e. The number of hydrogen-bond acceptors (Lipinski definition) is 5. The van der Waals surface area contributed by atoms with E-state index in [1.807, 2.05) is 11.4 Å². The molecule has 2 aromatic carbocycles. The normalized spacial score (nSPS) is 15.6. The molecule has 6 nitrogen and oxygen atoms in total. The van der Waals surface area contributed by atoms with Gasteiger partial charge in [0, 0.05) is 30.0 Å². The number of thiazole rings is 1. The Kier molecular flexibility index (Phi) is 6.41. The third-order valence-corrected chi connectivity index (χ3v) is 8.48. The second-order valence-electron chi connectivity index (χ2n) is 7.96. The second kappa shape index (κ2) is 9.09. The molecule has 32 heavy (non-hydrogen) atoms. The Morgan fingerprint density at radius 2 is 1.78 bits per heavy atom. The lowest BCUT2D eigenvalue weighted by Gasteiger charge is -2.30. The van der Waals surface area contributed by atoms with Crippen molar-refractivity contribution < 1.29 is 17.6 Å². The molecule has 4 rings (SSSR count). The average molecular weight is 474 g/mol. The molecule has 0 spiro atoms. The zero-order valence-corrected chi connectivity index (χ0v) is 19.5. The van der Waals surface area contributed by atoms with E-state index in [0.717, 1.165) is 23.4 Å². The number of aryl methyl sites for hydroxylation is 2. The summed E-state index contributed by atoms with van der Waals surface area (Å²) < 4.78 is 39.9. The van der Waals surface area contributed by atoms with Crippen molar-refractivity contribution in [2.45, 2.75) is 31.6 Å². The van der Waals surface area contributed by atoms with Crippen molar-refractivity contribution in [3.63, 3.8) is 0 Å². The summed E-state index contributed by atoms with van der Waals surface area (Å²) in [5, 5.41) is 5.32. The number of aromatic nitrogens is 1. The molecule has 0 aliphatic carbocycles. The summed E-state index contributed by atoms with van der Waals surface area (Å²) in [6.45, 7) is 4.59. The zero-order valence-electron chi connectivity index (χ0n) is 17.8. The number of amides is 1. The molecule has 0 atom stereocenters. The molecular weight excluding hydrogens is 449 g/mol. The Morgan fingerprint density at radius 1 is 1.09 bits per heavy atom. The third-order valence-electron chi connectivity index (χ3n) is 5.81. The van der Waals surface area contributed by atoms with Gasteiger partial charge in [-0.3, -0.25) is 4.79 Å². The smallest absolute Gasteiger partial charge is 0.243 e. The number of rotatable bonds is 5. The molecule has 3 aromatic rings. The van der Waals surface area contributed by atoms with E-state index in [-0.39, 0.29) is 29.8 Å². The van der Waals surface area contributed by atoms with Crippen LogP contribution in [0.4, 0.5) is 9.52 Å². The number of sulfonamides is 1. The maximum absolute atomic E-state index is 13.1. The molecule has 1 aromatic heterocycles. The molecule has 0 saturated carbocycles. The Bertz CT molecular complexity index is 1230. The van der Waals surface area contributed by atoms with Gasteiger partial charge in [-0.25, -0.2) is 17.8 Å². The summed E-state index contributed by atoms with van der Waals surface area (Å²) >= 11 is 1.37. The van der Waals surface area contributed by atoms with E-state index in [9.17, 15) is 17.6 Å². The third kappa shape index (κ3) is 4.74. The minimum atomic E-state index is -3.70. The second-order valence-corrected chi connectivity index (χ2v) is 10.8. The molecule has 168 valence electrons. The van der Waals surface area contributed by atoms with Crippen LogP contribution in [0.2, 0.25) is 0 Å². The summed E-state index contributed by atoms with van der Waals surface area (Å²) in [6.07, 6.45) is 0.837. The summed E-state index contributed by atoms with van der Waals surface area (Å²) in [5.41, 5.74) is 4.21. The Hall–Kier alpha value is -2.62. The Balaban J connectivity index is 1.36. The van der Waals surface area contributed by atoms with Gasteiger partial charge in [0.1, 0.15) is 5.82 Å². The van der Waals surface area contributed by atoms with E-state index < -0.39 is 15.8 Å². The quantitative estimate of drug-likeness (QED) is 0.587. The van der Waals surface area contributed by atoms with Crippen LogP contribution < -0.4 is 5.32 Å². The highest BCUT2D eigenvalue weighted by molar-refractivity contribution is 7.89. The number of halogens is 1. The van der Waals surface area contributed by atoms with E-state index >= 15 is 0 Å². The number of piperidine rings is 1. The van der Waals surface area contributed by atoms with E-state index in [1.54, 1.807) is 0 Å². The molecule has 1 aliphatic rings. The van der Waals surface area contributed by atoms with Crippen LogP contribution in [0, 0.1) is 25.6 Å². The summed E-state index contributed by atoms with van der Waals surface area (Å²) in [6, 6.07) is 10.9. The summed E-state index contributed by atoms with van der Waals surface area (Å²) in [5.74, 6) is -0.921. The first-order chi connectivity index (χ1) is 15.2. The fourth-order valence-corrected chi connectivity index (χ4v) is 5.88. The van der Waals surface area contributed by atoms with E-state index in [0.29, 0.717) is 18.0 Å². The minimum Gasteiger partial charge on any atom is -0.302 e. The predicted octanol–water partition coefficient (Wildman–Crippen LogP) is 4.61. The van der Waals surface area contributed by atoms with Crippen molar-refractivity contribution >= 4 is 32.4 Å². The Morgan fingerprint density at radius 3 is 2.44 bits per heavy atom. The monoisotopic (exact) mass is 473 g/mol. The van der Waals surface area contributed by atoms with Gasteiger partial charge >= 0.3 is 0 Å². The lowest BCUT2D eigenvalue weighted by molar-refractivity contribution is -0.120. The molecule has 2 heterocycles. The molecule has 1 fully saturated rings. The summed E-state index contributed by atoms with van der Waals surface area (Å²) in [7, 11) is -3.70. The van der Waals surface area contributed by atoms with Gasteiger partial charge in [-0.15, -0.1) is 11.3 Å².